The van der Waals surface area contributed by atoms with Gasteiger partial charge in [-0.2, -0.15) is 0 Å². The molecular weight excluding hydrogens is 1220 g/mol. The molecule has 0 aromatic heterocycles. The van der Waals surface area contributed by atoms with Gasteiger partial charge in [0.1, 0.15) is 8.64 Å². The molecule has 0 bridgehead atoms. The Balaban J connectivity index is 0.00000168. The largest absolute Gasteiger partial charge is 2.00 e. The molecule has 0 N–H and O–H groups in total. The zero-order chi connectivity index (χ0) is 62.4. The van der Waals surface area contributed by atoms with Crippen molar-refractivity contribution in [3.05, 3.63) is 58.7 Å². The predicted molar refractivity (Wildman–Crippen MR) is 412 cm³/mol. The first-order valence-electron chi connectivity index (χ1n) is 37.8. The number of benzene rings is 2. The number of rotatable bonds is 62. The molecule has 500 valence electrons. The first-order valence-corrected chi connectivity index (χ1v) is 40.3. The van der Waals surface area contributed by atoms with Crippen molar-refractivity contribution < 1.29 is 19.5 Å². The van der Waals surface area contributed by atoms with Gasteiger partial charge in [0.25, 0.3) is 0 Å². The van der Waals surface area contributed by atoms with E-state index in [1.807, 2.05) is 0 Å². The van der Waals surface area contributed by atoms with E-state index in [1.165, 1.54) is 382 Å². The van der Waals surface area contributed by atoms with E-state index in [9.17, 15) is 0 Å². The van der Waals surface area contributed by atoms with Crippen molar-refractivity contribution in [3.8, 4) is 0 Å². The first kappa shape index (κ1) is 87.2. The second-order valence-electron chi connectivity index (χ2n) is 26.4. The molecule has 87 heavy (non-hydrogen) atoms. The molecule has 0 saturated heterocycles. The zero-order valence-corrected chi connectivity index (χ0v) is 66.0. The Labute approximate surface area is 590 Å². The number of unbranched alkanes of at least 4 members (excludes halogenated alkanes) is 52. The summed E-state index contributed by atoms with van der Waals surface area (Å²) < 4.78 is 4.33. The van der Waals surface area contributed by atoms with E-state index < -0.39 is 0 Å². The number of anilines is 2. The Morgan fingerprint density at radius 3 is 0.609 bits per heavy atom. The molecule has 0 fully saturated rings. The summed E-state index contributed by atoms with van der Waals surface area (Å²) in [6.45, 7) is 9.19. The van der Waals surface area contributed by atoms with E-state index in [1.54, 1.807) is 8.61 Å². The monoisotopic (exact) mass is 1360 g/mol. The number of thiocarbonyl (C=S) groups is 2. The van der Waals surface area contributed by atoms with Crippen molar-refractivity contribution in [1.29, 1.82) is 0 Å². The van der Waals surface area contributed by atoms with Crippen LogP contribution >= 0.6 is 49.7 Å². The van der Waals surface area contributed by atoms with Gasteiger partial charge in [0.2, 0.25) is 0 Å². The third-order valence-corrected chi connectivity index (χ3v) is 20.5. The van der Waals surface area contributed by atoms with Crippen LogP contribution in [-0.4, -0.2) is 8.64 Å². The maximum absolute atomic E-state index is 5.64. The number of nitrogens with zero attached hydrogens (tertiary/aromatic N) is 2. The summed E-state index contributed by atoms with van der Waals surface area (Å²) in [5.41, 5.74) is 7.97. The second kappa shape index (κ2) is 67.7. The Bertz CT molecular complexity index is 1670. The van der Waals surface area contributed by atoms with Crippen LogP contribution in [0, 0.1) is 0 Å². The molecule has 2 aromatic carbocycles. The predicted octanol–water partition coefficient (Wildman–Crippen LogP) is 28.4. The quantitative estimate of drug-likeness (QED) is 0.0222. The molecule has 0 aliphatic carbocycles. The molecule has 9 heteroatoms. The standard InChI is InChI=1S/2C39H70NS3.Zn/c2*1-3-5-7-9-11-13-15-17-19-21-23-25-27-29-32-36-33-31-35-38(40(43)39(41)42)37(36)34-30-28-26-24-22-20-18-16-14-12-10-8-6-4-2;/h2*31,33,35H,3-30,32,34H2,1-2H3,(H,41,42);/q2*-1;+2. The van der Waals surface area contributed by atoms with Crippen LogP contribution in [0.15, 0.2) is 36.4 Å². The van der Waals surface area contributed by atoms with E-state index >= 15 is 0 Å². The Morgan fingerprint density at radius 2 is 0.437 bits per heavy atom. The van der Waals surface area contributed by atoms with Crippen molar-refractivity contribution in [3.63, 3.8) is 0 Å². The van der Waals surface area contributed by atoms with Gasteiger partial charge in [0.05, 0.1) is 0 Å². The summed E-state index contributed by atoms with van der Waals surface area (Å²) in [4.78, 5) is 0. The van der Waals surface area contributed by atoms with Crippen molar-refractivity contribution in [2.75, 3.05) is 8.61 Å². The maximum atomic E-state index is 5.64. The van der Waals surface area contributed by atoms with Gasteiger partial charge in [-0.15, -0.1) is 25.3 Å². The Hall–Kier alpha value is 0.243. The average molecular weight is 1360 g/mol. The first-order chi connectivity index (χ1) is 42.2. The van der Waals surface area contributed by atoms with Crippen molar-refractivity contribution in [1.82, 2.24) is 0 Å². The van der Waals surface area contributed by atoms with Gasteiger partial charge >= 0.3 is 19.5 Å². The summed E-state index contributed by atoms with van der Waals surface area (Å²) in [5, 5.41) is 0. The minimum atomic E-state index is 0. The molecule has 0 heterocycles. The molecule has 2 aromatic rings. The van der Waals surface area contributed by atoms with Crippen molar-refractivity contribution in [2.45, 2.75) is 413 Å². The molecule has 0 radical (unpaired) electrons. The summed E-state index contributed by atoms with van der Waals surface area (Å²) in [6, 6.07) is 13.3. The number of hydrogen-bond acceptors (Lipinski definition) is 4. The van der Waals surface area contributed by atoms with E-state index in [-0.39, 0.29) is 19.5 Å². The van der Waals surface area contributed by atoms with Gasteiger partial charge in [-0.1, -0.05) is 410 Å². The normalized spacial score (nSPS) is 11.2. The molecule has 0 aliphatic rings. The molecule has 0 amide bonds. The minimum Gasteiger partial charge on any atom is -0.659 e. The third-order valence-electron chi connectivity index (χ3n) is 18.4. The van der Waals surface area contributed by atoms with Gasteiger partial charge < -0.3 is 34.2 Å². The Morgan fingerprint density at radius 1 is 0.276 bits per heavy atom. The van der Waals surface area contributed by atoms with E-state index in [2.05, 4.69) is 89.4 Å². The summed E-state index contributed by atoms with van der Waals surface area (Å²) in [7, 11) is 0. The van der Waals surface area contributed by atoms with Crippen LogP contribution < -0.4 is 8.61 Å². The molecule has 0 saturated carbocycles. The fourth-order valence-electron chi connectivity index (χ4n) is 12.9. The molecule has 0 unspecified atom stereocenters. The zero-order valence-electron chi connectivity index (χ0n) is 58.0. The van der Waals surface area contributed by atoms with Gasteiger partial charge in [0.15, 0.2) is 0 Å². The van der Waals surface area contributed by atoms with E-state index in [4.69, 9.17) is 50.1 Å². The van der Waals surface area contributed by atoms with Crippen LogP contribution in [0.3, 0.4) is 0 Å². The van der Waals surface area contributed by atoms with Crippen LogP contribution in [0.1, 0.15) is 410 Å². The van der Waals surface area contributed by atoms with Gasteiger partial charge in [-0.25, -0.2) is 0 Å². The topological polar surface area (TPSA) is 6.48 Å². The van der Waals surface area contributed by atoms with Crippen molar-refractivity contribution >= 4 is 95.3 Å². The minimum absolute atomic E-state index is 0. The summed E-state index contributed by atoms with van der Waals surface area (Å²) >= 11 is 30.7. The van der Waals surface area contributed by atoms with Crippen LogP contribution in [0.5, 0.6) is 0 Å². The molecule has 2 rings (SSSR count). The van der Waals surface area contributed by atoms with Crippen LogP contribution in [0.4, 0.5) is 11.4 Å². The molecular formula is C78H140N2S6Zn. The number of aryl methyl sites for hydroxylation is 2. The molecule has 0 atom stereocenters. The van der Waals surface area contributed by atoms with E-state index in [0.717, 1.165) is 37.1 Å². The van der Waals surface area contributed by atoms with Crippen LogP contribution in [0.2, 0.25) is 0 Å². The maximum Gasteiger partial charge on any atom is 2.00 e. The molecule has 0 spiro atoms. The summed E-state index contributed by atoms with van der Waals surface area (Å²) in [5.74, 6) is 0. The van der Waals surface area contributed by atoms with Gasteiger partial charge in [-0.3, -0.25) is 0 Å². The molecule has 0 aliphatic heterocycles. The van der Waals surface area contributed by atoms with Crippen LogP contribution in [0.25, 0.3) is 0 Å². The Kier molecular flexibility index (Phi) is 67.8. The average Bonchev–Trinajstić information content (AvgIpc) is 3.51. The van der Waals surface area contributed by atoms with E-state index in [0.29, 0.717) is 8.64 Å². The third kappa shape index (κ3) is 52.2. The van der Waals surface area contributed by atoms with Crippen LogP contribution in [-0.2, 0) is 70.8 Å². The SMILES string of the molecule is CCCCCCCCCCCCCCCCc1cccc(N([S-])C(=S)S)c1CCCCCCCCCCCCCCCC.CCCCCCCCCCCCCCCCc1cccc(N([S-])C(=S)S)c1CCCCCCCCCCCCCCCC.[Zn+2]. The fraction of sp³-hybridized carbons (Fsp3) is 0.821. The molecule has 2 nitrogen and oxygen atoms in total. The van der Waals surface area contributed by atoms with Gasteiger partial charge in [-0.05, 0) is 85.8 Å². The number of thiol groups is 2. The second-order valence-corrected chi connectivity index (χ2v) is 29.3. The van der Waals surface area contributed by atoms with Gasteiger partial charge in [0, 0.05) is 11.4 Å². The smallest absolute Gasteiger partial charge is 0.659 e. The number of hydrogen-bond donors (Lipinski definition) is 2. The summed E-state index contributed by atoms with van der Waals surface area (Å²) in [6.07, 6.45) is 82.9. The fourth-order valence-corrected chi connectivity index (χ4v) is 13.6. The van der Waals surface area contributed by atoms with Crippen molar-refractivity contribution in [2.24, 2.45) is 0 Å².